The molecule has 0 aliphatic carbocycles. The molecule has 8 heteroatoms. The van der Waals surface area contributed by atoms with Gasteiger partial charge in [-0.05, 0) is 44.0 Å². The van der Waals surface area contributed by atoms with Crippen LogP contribution in [0.1, 0.15) is 44.7 Å². The molecule has 3 aromatic rings. The fraction of sp³-hybridized carbons (Fsp3) is 0.318. The van der Waals surface area contributed by atoms with Crippen molar-refractivity contribution in [3.05, 3.63) is 63.9 Å². The maximum atomic E-state index is 13.1. The van der Waals surface area contributed by atoms with E-state index in [1.807, 2.05) is 52.9 Å². The zero-order chi connectivity index (χ0) is 21.3. The number of rotatable bonds is 4. The number of carbonyl (C=O) groups is 2. The van der Waals surface area contributed by atoms with Crippen molar-refractivity contribution in [3.63, 3.8) is 0 Å². The van der Waals surface area contributed by atoms with Gasteiger partial charge in [-0.25, -0.2) is 9.78 Å². The topological polar surface area (TPSA) is 64.4 Å². The number of nitrogens with zero attached hydrogens (tertiary/aromatic N) is 3. The zero-order valence-electron chi connectivity index (χ0n) is 16.8. The monoisotopic (exact) mass is 443 g/mol. The second-order valence-corrected chi connectivity index (χ2v) is 8.70. The highest BCUT2D eigenvalue weighted by Gasteiger charge is 2.28. The van der Waals surface area contributed by atoms with E-state index in [-0.39, 0.29) is 17.9 Å². The van der Waals surface area contributed by atoms with Crippen molar-refractivity contribution in [1.82, 2.24) is 14.5 Å². The SMILES string of the molecule is COC(=O)c1cccn1C1CCN(C(=O)c2sc(-c3cccc(Cl)c3)nc2C)CC1. The number of benzene rings is 1. The Kier molecular flexibility index (Phi) is 5.92. The average molecular weight is 444 g/mol. The van der Waals surface area contributed by atoms with Crippen LogP contribution in [0.4, 0.5) is 0 Å². The molecule has 1 saturated heterocycles. The fourth-order valence-corrected chi connectivity index (χ4v) is 5.04. The van der Waals surface area contributed by atoms with Crippen LogP contribution >= 0.6 is 22.9 Å². The molecule has 1 amide bonds. The van der Waals surface area contributed by atoms with E-state index in [1.165, 1.54) is 18.4 Å². The van der Waals surface area contributed by atoms with E-state index in [2.05, 4.69) is 4.98 Å². The Morgan fingerprint density at radius 1 is 1.20 bits per heavy atom. The summed E-state index contributed by atoms with van der Waals surface area (Å²) in [7, 11) is 1.38. The molecule has 4 rings (SSSR count). The maximum Gasteiger partial charge on any atom is 0.354 e. The predicted octanol–water partition coefficient (Wildman–Crippen LogP) is 4.84. The molecule has 0 N–H and O–H groups in total. The molecule has 0 spiro atoms. The van der Waals surface area contributed by atoms with Crippen LogP contribution in [0.25, 0.3) is 10.6 Å². The number of thiazole rings is 1. The Balaban J connectivity index is 1.46. The summed E-state index contributed by atoms with van der Waals surface area (Å²) in [6, 6.07) is 11.3. The standard InChI is InChI=1S/C22H22ClN3O3S/c1-14-19(30-20(24-14)15-5-3-6-16(23)13-15)21(27)25-11-8-17(9-12-25)26-10-4-7-18(26)22(28)29-2/h3-7,10,13,17H,8-9,11-12H2,1-2H3. The normalized spacial score (nSPS) is 14.7. The Morgan fingerprint density at radius 3 is 2.67 bits per heavy atom. The van der Waals surface area contributed by atoms with Gasteiger partial charge in [0.1, 0.15) is 15.6 Å². The zero-order valence-corrected chi connectivity index (χ0v) is 18.4. The summed E-state index contributed by atoms with van der Waals surface area (Å²) in [4.78, 5) is 32.2. The maximum absolute atomic E-state index is 13.1. The fourth-order valence-electron chi connectivity index (χ4n) is 3.82. The molecular formula is C22H22ClN3O3S. The van der Waals surface area contributed by atoms with Crippen molar-refractivity contribution in [2.45, 2.75) is 25.8 Å². The van der Waals surface area contributed by atoms with Crippen LogP contribution in [0, 0.1) is 6.92 Å². The third-order valence-electron chi connectivity index (χ3n) is 5.38. The van der Waals surface area contributed by atoms with Crippen LogP contribution in [-0.2, 0) is 4.74 Å². The summed E-state index contributed by atoms with van der Waals surface area (Å²) in [6.07, 6.45) is 3.46. The first-order valence-corrected chi connectivity index (χ1v) is 10.9. The Labute approximate surface area is 184 Å². The van der Waals surface area contributed by atoms with Crippen molar-refractivity contribution >= 4 is 34.8 Å². The van der Waals surface area contributed by atoms with Crippen molar-refractivity contribution in [1.29, 1.82) is 0 Å². The van der Waals surface area contributed by atoms with Gasteiger partial charge in [-0.15, -0.1) is 11.3 Å². The number of halogens is 1. The van der Waals surface area contributed by atoms with Gasteiger partial charge in [0.15, 0.2) is 0 Å². The van der Waals surface area contributed by atoms with E-state index in [0.717, 1.165) is 29.1 Å². The largest absolute Gasteiger partial charge is 0.464 e. The number of ether oxygens (including phenoxy) is 1. The van der Waals surface area contributed by atoms with Gasteiger partial charge in [0.2, 0.25) is 0 Å². The molecule has 6 nitrogen and oxygen atoms in total. The number of likely N-dealkylation sites (tertiary alicyclic amines) is 1. The van der Waals surface area contributed by atoms with Crippen molar-refractivity contribution in [2.75, 3.05) is 20.2 Å². The highest BCUT2D eigenvalue weighted by Crippen LogP contribution is 2.32. The predicted molar refractivity (Wildman–Crippen MR) is 117 cm³/mol. The van der Waals surface area contributed by atoms with Gasteiger partial charge >= 0.3 is 5.97 Å². The number of carbonyl (C=O) groups excluding carboxylic acids is 2. The molecule has 0 bridgehead atoms. The van der Waals surface area contributed by atoms with E-state index < -0.39 is 0 Å². The van der Waals surface area contributed by atoms with Crippen LogP contribution in [-0.4, -0.2) is 46.5 Å². The molecule has 0 unspecified atom stereocenters. The number of hydrogen-bond donors (Lipinski definition) is 0. The summed E-state index contributed by atoms with van der Waals surface area (Å²) < 4.78 is 6.83. The van der Waals surface area contributed by atoms with E-state index in [0.29, 0.717) is 28.7 Å². The molecular weight excluding hydrogens is 422 g/mol. The molecule has 0 atom stereocenters. The van der Waals surface area contributed by atoms with Crippen LogP contribution in [0.15, 0.2) is 42.6 Å². The molecule has 3 heterocycles. The minimum absolute atomic E-state index is 0.0115. The molecule has 0 radical (unpaired) electrons. The highest BCUT2D eigenvalue weighted by molar-refractivity contribution is 7.17. The molecule has 1 aliphatic heterocycles. The van der Waals surface area contributed by atoms with Crippen molar-refractivity contribution in [3.8, 4) is 10.6 Å². The number of piperidine rings is 1. The number of methoxy groups -OCH3 is 1. The Hall–Kier alpha value is -2.64. The quantitative estimate of drug-likeness (QED) is 0.541. The van der Waals surface area contributed by atoms with Crippen LogP contribution in [0.5, 0.6) is 0 Å². The van der Waals surface area contributed by atoms with E-state index >= 15 is 0 Å². The summed E-state index contributed by atoms with van der Waals surface area (Å²) in [5, 5.41) is 1.44. The smallest absolute Gasteiger partial charge is 0.354 e. The lowest BCUT2D eigenvalue weighted by molar-refractivity contribution is 0.0573. The van der Waals surface area contributed by atoms with Gasteiger partial charge in [-0.2, -0.15) is 0 Å². The third kappa shape index (κ3) is 4.00. The second kappa shape index (κ2) is 8.62. The molecule has 1 aliphatic rings. The lowest BCUT2D eigenvalue weighted by atomic mass is 10.0. The van der Waals surface area contributed by atoms with Crippen molar-refractivity contribution < 1.29 is 14.3 Å². The number of aromatic nitrogens is 2. The lowest BCUT2D eigenvalue weighted by Gasteiger charge is -2.33. The molecule has 156 valence electrons. The van der Waals surface area contributed by atoms with Crippen LogP contribution in [0.2, 0.25) is 5.02 Å². The van der Waals surface area contributed by atoms with Gasteiger partial charge in [0.25, 0.3) is 5.91 Å². The molecule has 2 aromatic heterocycles. The first-order chi connectivity index (χ1) is 14.5. The van der Waals surface area contributed by atoms with Crippen LogP contribution < -0.4 is 0 Å². The number of amides is 1. The molecule has 0 saturated carbocycles. The highest BCUT2D eigenvalue weighted by atomic mass is 35.5. The first kappa shape index (κ1) is 20.6. The van der Waals surface area contributed by atoms with Gasteiger partial charge < -0.3 is 14.2 Å². The first-order valence-electron chi connectivity index (χ1n) is 9.75. The Morgan fingerprint density at radius 2 is 1.97 bits per heavy atom. The van der Waals surface area contributed by atoms with Gasteiger partial charge in [-0.3, -0.25) is 4.79 Å². The summed E-state index contributed by atoms with van der Waals surface area (Å²) >= 11 is 7.50. The van der Waals surface area contributed by atoms with E-state index in [1.54, 1.807) is 6.07 Å². The van der Waals surface area contributed by atoms with Gasteiger partial charge in [0.05, 0.1) is 12.8 Å². The minimum atomic E-state index is -0.340. The van der Waals surface area contributed by atoms with Gasteiger partial charge in [-0.1, -0.05) is 23.7 Å². The number of hydrogen-bond acceptors (Lipinski definition) is 5. The Bertz CT molecular complexity index is 1080. The summed E-state index contributed by atoms with van der Waals surface area (Å²) in [6.45, 7) is 3.13. The lowest BCUT2D eigenvalue weighted by Crippen LogP contribution is -2.39. The van der Waals surface area contributed by atoms with E-state index in [4.69, 9.17) is 16.3 Å². The number of esters is 1. The minimum Gasteiger partial charge on any atom is -0.464 e. The molecule has 30 heavy (non-hydrogen) atoms. The van der Waals surface area contributed by atoms with Crippen molar-refractivity contribution in [2.24, 2.45) is 0 Å². The number of aryl methyl sites for hydroxylation is 1. The van der Waals surface area contributed by atoms with E-state index in [9.17, 15) is 9.59 Å². The molecule has 1 fully saturated rings. The summed E-state index contributed by atoms with van der Waals surface area (Å²) in [5.41, 5.74) is 2.20. The second-order valence-electron chi connectivity index (χ2n) is 7.26. The summed E-state index contributed by atoms with van der Waals surface area (Å²) in [5.74, 6) is -0.329. The van der Waals surface area contributed by atoms with Gasteiger partial charge in [0, 0.05) is 35.9 Å². The third-order valence-corrected chi connectivity index (χ3v) is 6.81. The average Bonchev–Trinajstić information content (AvgIpc) is 3.40. The van der Waals surface area contributed by atoms with Crippen LogP contribution in [0.3, 0.4) is 0 Å². The molecule has 1 aromatic carbocycles.